The van der Waals surface area contributed by atoms with Gasteiger partial charge in [0.1, 0.15) is 5.82 Å². The van der Waals surface area contributed by atoms with Gasteiger partial charge in [0, 0.05) is 6.04 Å². The van der Waals surface area contributed by atoms with Crippen LogP contribution in [0.2, 0.25) is 0 Å². The normalized spacial score (nSPS) is 14.0. The van der Waals surface area contributed by atoms with Crippen LogP contribution in [0.4, 0.5) is 4.39 Å². The molecule has 0 aliphatic rings. The highest BCUT2D eigenvalue weighted by Crippen LogP contribution is 2.22. The van der Waals surface area contributed by atoms with Gasteiger partial charge in [-0.15, -0.1) is 0 Å². The zero-order valence-corrected chi connectivity index (χ0v) is 9.97. The lowest BCUT2D eigenvalue weighted by Gasteiger charge is -2.27. The summed E-state index contributed by atoms with van der Waals surface area (Å²) in [5.74, 6) is -0.184. The summed E-state index contributed by atoms with van der Waals surface area (Å²) in [6.45, 7) is 8.30. The lowest BCUT2D eigenvalue weighted by Crippen LogP contribution is -2.37. The van der Waals surface area contributed by atoms with Gasteiger partial charge < -0.3 is 5.73 Å². The molecule has 0 radical (unpaired) electrons. The van der Waals surface area contributed by atoms with Gasteiger partial charge in [0.15, 0.2) is 0 Å². The van der Waals surface area contributed by atoms with E-state index in [0.29, 0.717) is 0 Å². The highest BCUT2D eigenvalue weighted by Gasteiger charge is 2.21. The molecule has 1 atom stereocenters. The third-order valence-corrected chi connectivity index (χ3v) is 2.86. The number of aryl methyl sites for hydroxylation is 1. The SMILES string of the molecule is Cc1ccc(F)cc1CC(N)C(C)(C)C. The van der Waals surface area contributed by atoms with Gasteiger partial charge in [-0.1, -0.05) is 26.8 Å². The fourth-order valence-corrected chi connectivity index (χ4v) is 1.40. The first-order valence-electron chi connectivity index (χ1n) is 5.31. The van der Waals surface area contributed by atoms with Crippen LogP contribution in [-0.4, -0.2) is 6.04 Å². The standard InChI is InChI=1S/C13H20FN/c1-9-5-6-11(14)7-10(9)8-12(15)13(2,3)4/h5-7,12H,8,15H2,1-4H3. The van der Waals surface area contributed by atoms with Gasteiger partial charge in [0.25, 0.3) is 0 Å². The van der Waals surface area contributed by atoms with E-state index in [1.54, 1.807) is 12.1 Å². The molecule has 0 saturated carbocycles. The molecule has 1 unspecified atom stereocenters. The van der Waals surface area contributed by atoms with Crippen LogP contribution in [-0.2, 0) is 6.42 Å². The predicted octanol–water partition coefficient (Wildman–Crippen LogP) is 3.05. The van der Waals surface area contributed by atoms with Crippen molar-refractivity contribution in [3.8, 4) is 0 Å². The van der Waals surface area contributed by atoms with E-state index in [0.717, 1.165) is 17.5 Å². The molecule has 15 heavy (non-hydrogen) atoms. The maximum absolute atomic E-state index is 13.1. The quantitative estimate of drug-likeness (QED) is 0.796. The summed E-state index contributed by atoms with van der Waals surface area (Å²) in [5.41, 5.74) is 8.25. The van der Waals surface area contributed by atoms with Crippen molar-refractivity contribution in [2.75, 3.05) is 0 Å². The Balaban J connectivity index is 2.85. The molecule has 0 aliphatic heterocycles. The Kier molecular flexibility index (Phi) is 3.50. The van der Waals surface area contributed by atoms with Crippen LogP contribution in [0.3, 0.4) is 0 Å². The maximum atomic E-state index is 13.1. The van der Waals surface area contributed by atoms with E-state index >= 15 is 0 Å². The number of halogens is 1. The molecule has 0 aromatic heterocycles. The Morgan fingerprint density at radius 2 is 1.93 bits per heavy atom. The molecule has 1 nitrogen and oxygen atoms in total. The van der Waals surface area contributed by atoms with E-state index in [9.17, 15) is 4.39 Å². The van der Waals surface area contributed by atoms with Crippen molar-refractivity contribution in [3.05, 3.63) is 35.1 Å². The van der Waals surface area contributed by atoms with Gasteiger partial charge in [-0.25, -0.2) is 4.39 Å². The van der Waals surface area contributed by atoms with Gasteiger partial charge in [-0.3, -0.25) is 0 Å². The number of hydrogen-bond donors (Lipinski definition) is 1. The molecule has 1 aromatic carbocycles. The molecular weight excluding hydrogens is 189 g/mol. The number of rotatable bonds is 2. The first kappa shape index (κ1) is 12.2. The Morgan fingerprint density at radius 3 is 2.47 bits per heavy atom. The van der Waals surface area contributed by atoms with E-state index in [4.69, 9.17) is 5.73 Å². The molecule has 2 heteroatoms. The monoisotopic (exact) mass is 209 g/mol. The number of hydrogen-bond acceptors (Lipinski definition) is 1. The van der Waals surface area contributed by atoms with Crippen molar-refractivity contribution >= 4 is 0 Å². The fraction of sp³-hybridized carbons (Fsp3) is 0.538. The van der Waals surface area contributed by atoms with Crippen LogP contribution in [0.5, 0.6) is 0 Å². The molecule has 0 spiro atoms. The first-order valence-corrected chi connectivity index (χ1v) is 5.31. The summed E-state index contributed by atoms with van der Waals surface area (Å²) in [4.78, 5) is 0. The van der Waals surface area contributed by atoms with Crippen LogP contribution >= 0.6 is 0 Å². The molecule has 0 fully saturated rings. The second-order valence-electron chi connectivity index (χ2n) is 5.25. The Morgan fingerprint density at radius 1 is 1.33 bits per heavy atom. The molecule has 0 bridgehead atoms. The minimum Gasteiger partial charge on any atom is -0.327 e. The molecule has 84 valence electrons. The lowest BCUT2D eigenvalue weighted by molar-refractivity contribution is 0.318. The van der Waals surface area contributed by atoms with Crippen molar-refractivity contribution in [1.82, 2.24) is 0 Å². The zero-order chi connectivity index (χ0) is 11.6. The second-order valence-corrected chi connectivity index (χ2v) is 5.25. The molecule has 1 aromatic rings. The minimum atomic E-state index is -0.184. The molecule has 0 aliphatic carbocycles. The smallest absolute Gasteiger partial charge is 0.123 e. The summed E-state index contributed by atoms with van der Waals surface area (Å²) in [6.07, 6.45) is 0.729. The summed E-state index contributed by atoms with van der Waals surface area (Å²) >= 11 is 0. The van der Waals surface area contributed by atoms with Crippen molar-refractivity contribution in [2.45, 2.75) is 40.2 Å². The third kappa shape index (κ3) is 3.31. The summed E-state index contributed by atoms with van der Waals surface area (Å²) in [6, 6.07) is 4.93. The molecule has 0 saturated heterocycles. The first-order chi connectivity index (χ1) is 6.80. The Labute approximate surface area is 91.5 Å². The third-order valence-electron chi connectivity index (χ3n) is 2.86. The van der Waals surface area contributed by atoms with Crippen LogP contribution in [0.1, 0.15) is 31.9 Å². The molecular formula is C13H20FN. The summed E-state index contributed by atoms with van der Waals surface area (Å²) in [7, 11) is 0. The molecule has 0 amide bonds. The Bertz CT molecular complexity index is 339. The van der Waals surface area contributed by atoms with E-state index in [2.05, 4.69) is 20.8 Å². The fourth-order valence-electron chi connectivity index (χ4n) is 1.40. The van der Waals surface area contributed by atoms with E-state index in [1.165, 1.54) is 6.07 Å². The largest absolute Gasteiger partial charge is 0.327 e. The van der Waals surface area contributed by atoms with Crippen LogP contribution in [0.25, 0.3) is 0 Å². The van der Waals surface area contributed by atoms with Crippen molar-refractivity contribution in [3.63, 3.8) is 0 Å². The van der Waals surface area contributed by atoms with Gasteiger partial charge in [-0.05, 0) is 42.0 Å². The van der Waals surface area contributed by atoms with Crippen LogP contribution in [0, 0.1) is 18.2 Å². The van der Waals surface area contributed by atoms with E-state index in [1.807, 2.05) is 6.92 Å². The highest BCUT2D eigenvalue weighted by molar-refractivity contribution is 5.27. The zero-order valence-electron chi connectivity index (χ0n) is 9.97. The highest BCUT2D eigenvalue weighted by atomic mass is 19.1. The summed E-state index contributed by atoms with van der Waals surface area (Å²) < 4.78 is 13.1. The van der Waals surface area contributed by atoms with Crippen molar-refractivity contribution < 1.29 is 4.39 Å². The van der Waals surface area contributed by atoms with Gasteiger partial charge in [0.2, 0.25) is 0 Å². The van der Waals surface area contributed by atoms with Crippen LogP contribution < -0.4 is 5.73 Å². The number of nitrogens with two attached hydrogens (primary N) is 1. The van der Waals surface area contributed by atoms with Crippen molar-refractivity contribution in [1.29, 1.82) is 0 Å². The van der Waals surface area contributed by atoms with Crippen molar-refractivity contribution in [2.24, 2.45) is 11.1 Å². The van der Waals surface area contributed by atoms with Gasteiger partial charge in [-0.2, -0.15) is 0 Å². The van der Waals surface area contributed by atoms with Gasteiger partial charge in [0.05, 0.1) is 0 Å². The minimum absolute atomic E-state index is 0.0537. The second kappa shape index (κ2) is 4.31. The van der Waals surface area contributed by atoms with Gasteiger partial charge >= 0.3 is 0 Å². The lowest BCUT2D eigenvalue weighted by atomic mass is 9.83. The molecule has 1 rings (SSSR count). The average molecular weight is 209 g/mol. The topological polar surface area (TPSA) is 26.0 Å². The van der Waals surface area contributed by atoms with E-state index in [-0.39, 0.29) is 17.3 Å². The van der Waals surface area contributed by atoms with Crippen LogP contribution in [0.15, 0.2) is 18.2 Å². The van der Waals surface area contributed by atoms with E-state index < -0.39 is 0 Å². The molecule has 2 N–H and O–H groups in total. The number of benzene rings is 1. The molecule has 0 heterocycles. The summed E-state index contributed by atoms with van der Waals surface area (Å²) in [5, 5.41) is 0. The Hall–Kier alpha value is -0.890. The average Bonchev–Trinajstić information content (AvgIpc) is 2.09. The maximum Gasteiger partial charge on any atom is 0.123 e. The predicted molar refractivity (Wildman–Crippen MR) is 62.3 cm³/mol.